The van der Waals surface area contributed by atoms with Crippen molar-refractivity contribution >= 4 is 76.7 Å². The Morgan fingerprint density at radius 2 is 0.672 bits per heavy atom. The highest BCUT2D eigenvalue weighted by molar-refractivity contribution is 6.22. The summed E-state index contributed by atoms with van der Waals surface area (Å²) < 4.78 is 4.58. The third-order valence-corrected chi connectivity index (χ3v) is 11.8. The number of benzene rings is 7. The van der Waals surface area contributed by atoms with Crippen molar-refractivity contribution in [3.63, 3.8) is 0 Å². The van der Waals surface area contributed by atoms with E-state index in [1.165, 1.54) is 0 Å². The van der Waals surface area contributed by atoms with Crippen LogP contribution in [0.3, 0.4) is 0 Å². The van der Waals surface area contributed by atoms with Gasteiger partial charge in [0.2, 0.25) is 0 Å². The Kier molecular flexibility index (Phi) is 6.11. The molecule has 0 aliphatic heterocycles. The average molecular weight is 738 g/mol. The summed E-state index contributed by atoms with van der Waals surface area (Å²) in [6.45, 7) is 0. The fourth-order valence-electron chi connectivity index (χ4n) is 9.26. The van der Waals surface area contributed by atoms with Gasteiger partial charge in [-0.3, -0.25) is 0 Å². The molecule has 0 bridgehead atoms. The Labute approximate surface area is 330 Å². The summed E-state index contributed by atoms with van der Waals surface area (Å²) >= 11 is 0. The van der Waals surface area contributed by atoms with E-state index in [2.05, 4.69) is 154 Å². The van der Waals surface area contributed by atoms with Crippen LogP contribution in [0.4, 0.5) is 0 Å². The van der Waals surface area contributed by atoms with E-state index in [0.29, 0.717) is 17.2 Å². The molecule has 0 fully saturated rings. The molecule has 0 saturated heterocycles. The largest absolute Gasteiger partial charge is 0.305 e. The van der Waals surface area contributed by atoms with E-state index in [1.54, 1.807) is 0 Å². The van der Waals surface area contributed by atoms with Crippen molar-refractivity contribution in [2.75, 3.05) is 0 Å². The summed E-state index contributed by atoms with van der Waals surface area (Å²) in [5.41, 5.74) is 16.6. The van der Waals surface area contributed by atoms with Gasteiger partial charge in [0.15, 0.2) is 11.6 Å². The second-order valence-electron chi connectivity index (χ2n) is 15.0. The molecule has 7 aromatic carbocycles. The summed E-state index contributed by atoms with van der Waals surface area (Å²) in [7, 11) is 0. The molecule has 0 unspecified atom stereocenters. The van der Waals surface area contributed by atoms with E-state index in [9.17, 15) is 5.26 Å². The van der Waals surface area contributed by atoms with Gasteiger partial charge >= 0.3 is 0 Å². The van der Waals surface area contributed by atoms with Gasteiger partial charge in [-0.05, 0) is 76.9 Å². The van der Waals surface area contributed by atoms with Crippen molar-refractivity contribution in [2.45, 2.75) is 0 Å². The normalized spacial score (nSPS) is 12.1. The number of hydrogen-bond donors (Lipinski definition) is 0. The molecule has 0 aliphatic rings. The van der Waals surface area contributed by atoms with Gasteiger partial charge in [0.05, 0.1) is 44.7 Å². The average Bonchev–Trinajstić information content (AvgIpc) is 4.02. The number of rotatable bonds is 4. The number of para-hydroxylation sites is 4. The maximum Gasteiger partial charge on any atom is 0.160 e. The van der Waals surface area contributed by atoms with Crippen LogP contribution < -0.4 is 0 Å². The van der Waals surface area contributed by atoms with Gasteiger partial charge in [-0.15, -0.1) is 0 Å². The minimum Gasteiger partial charge on any atom is -0.305 e. The van der Waals surface area contributed by atoms with Crippen molar-refractivity contribution in [3.8, 4) is 51.1 Å². The number of hydrogen-bond acceptors (Lipinski definition) is 5. The van der Waals surface area contributed by atoms with Crippen molar-refractivity contribution in [1.29, 1.82) is 5.26 Å². The van der Waals surface area contributed by atoms with Crippen LogP contribution in [0.2, 0.25) is 0 Å². The second kappa shape index (κ2) is 11.4. The number of aromatic nitrogens is 6. The fraction of sp³-hybridized carbons (Fsp3) is 0. The Morgan fingerprint density at radius 3 is 1.03 bits per heavy atom. The smallest absolute Gasteiger partial charge is 0.160 e. The van der Waals surface area contributed by atoms with Gasteiger partial charge in [0, 0.05) is 32.7 Å². The zero-order chi connectivity index (χ0) is 38.1. The monoisotopic (exact) mass is 737 g/mol. The Morgan fingerprint density at radius 1 is 0.345 bits per heavy atom. The van der Waals surface area contributed by atoms with Gasteiger partial charge in [-0.1, -0.05) is 109 Å². The first-order chi connectivity index (χ1) is 28.7. The van der Waals surface area contributed by atoms with Gasteiger partial charge in [-0.25, -0.2) is 19.9 Å². The molecule has 7 nitrogen and oxygen atoms in total. The number of fused-ring (bicyclic) bond motifs is 12. The molecule has 0 aliphatic carbocycles. The van der Waals surface area contributed by atoms with Crippen molar-refractivity contribution in [1.82, 2.24) is 28.7 Å². The molecule has 0 atom stereocenters. The molecule has 58 heavy (non-hydrogen) atoms. The zero-order valence-electron chi connectivity index (χ0n) is 30.7. The lowest BCUT2D eigenvalue weighted by molar-refractivity contribution is 1.26. The van der Waals surface area contributed by atoms with Crippen molar-refractivity contribution in [3.05, 3.63) is 169 Å². The lowest BCUT2D eigenvalue weighted by atomic mass is 9.94. The van der Waals surface area contributed by atoms with Gasteiger partial charge in [-0.2, -0.15) is 5.26 Å². The minimum atomic E-state index is 0.578. The molecule has 0 saturated carbocycles. The van der Waals surface area contributed by atoms with Crippen molar-refractivity contribution in [2.24, 2.45) is 0 Å². The van der Waals surface area contributed by atoms with E-state index in [0.717, 1.165) is 110 Å². The summed E-state index contributed by atoms with van der Waals surface area (Å²) in [5, 5.41) is 14.7. The fourth-order valence-corrected chi connectivity index (χ4v) is 9.26. The third kappa shape index (κ3) is 4.20. The quantitative estimate of drug-likeness (QED) is 0.180. The summed E-state index contributed by atoms with van der Waals surface area (Å²) in [6, 6.07) is 58.8. The predicted molar refractivity (Wildman–Crippen MR) is 233 cm³/mol. The highest BCUT2D eigenvalue weighted by Gasteiger charge is 2.23. The molecule has 0 spiro atoms. The standard InChI is InChI=1S/C51H27N7/c52-28-29-23-34(30-11-9-13-32(25-30)50-53-44-36-15-1-5-19-40(36)57-41-20-6-2-16-37(41)45(54-50)48(44)57)27-35(24-29)31-12-10-14-33(26-31)51-55-46-38-17-3-7-21-42(38)58-43-22-8-4-18-39(43)47(56-51)49(46)58/h1-27H. The molecule has 0 radical (unpaired) electrons. The van der Waals surface area contributed by atoms with Crippen LogP contribution in [0.25, 0.3) is 122 Å². The maximum atomic E-state index is 10.3. The molecular formula is C51H27N7. The molecule has 0 amide bonds. The number of nitriles is 1. The van der Waals surface area contributed by atoms with Crippen LogP contribution in [0.15, 0.2) is 164 Å². The van der Waals surface area contributed by atoms with E-state index >= 15 is 0 Å². The zero-order valence-corrected chi connectivity index (χ0v) is 30.7. The molecule has 7 heteroatoms. The van der Waals surface area contributed by atoms with E-state index in [-0.39, 0.29) is 0 Å². The van der Waals surface area contributed by atoms with Gasteiger partial charge in [0.25, 0.3) is 0 Å². The lowest BCUT2D eigenvalue weighted by Gasteiger charge is -2.10. The van der Waals surface area contributed by atoms with E-state index in [1.807, 2.05) is 24.3 Å². The molecule has 13 rings (SSSR count). The molecule has 6 heterocycles. The van der Waals surface area contributed by atoms with Gasteiger partial charge in [0.1, 0.15) is 22.1 Å². The first-order valence-electron chi connectivity index (χ1n) is 19.3. The first-order valence-corrected chi connectivity index (χ1v) is 19.3. The predicted octanol–water partition coefficient (Wildman–Crippen LogP) is 12.1. The number of nitrogens with zero attached hydrogens (tertiary/aromatic N) is 7. The summed E-state index contributed by atoms with van der Waals surface area (Å²) in [6.07, 6.45) is 0. The first kappa shape index (κ1) is 31.0. The van der Waals surface area contributed by atoms with Crippen molar-refractivity contribution < 1.29 is 0 Å². The molecule has 13 aromatic rings. The lowest BCUT2D eigenvalue weighted by Crippen LogP contribution is -1.92. The summed E-state index contributed by atoms with van der Waals surface area (Å²) in [5.74, 6) is 1.33. The Balaban J connectivity index is 0.942. The Hall–Kier alpha value is -8.21. The van der Waals surface area contributed by atoms with Crippen LogP contribution in [-0.2, 0) is 0 Å². The molecular weight excluding hydrogens is 711 g/mol. The SMILES string of the molecule is N#Cc1cc(-c2cccc(-c3nc4c5ccccc5n5c6ccccc6c(n3)c45)c2)cc(-c2cccc(-c3nc4c5ccccc5n5c6ccccc6c(n3)c45)c2)c1. The third-order valence-electron chi connectivity index (χ3n) is 11.8. The molecule has 0 N–H and O–H groups in total. The van der Waals surface area contributed by atoms with Crippen LogP contribution in [-0.4, -0.2) is 28.7 Å². The van der Waals surface area contributed by atoms with E-state index < -0.39 is 0 Å². The van der Waals surface area contributed by atoms with Crippen LogP contribution >= 0.6 is 0 Å². The highest BCUT2D eigenvalue weighted by Crippen LogP contribution is 2.41. The minimum absolute atomic E-state index is 0.578. The maximum absolute atomic E-state index is 10.3. The Bertz CT molecular complexity index is 3470. The van der Waals surface area contributed by atoms with Crippen LogP contribution in [0.1, 0.15) is 5.56 Å². The summed E-state index contributed by atoms with van der Waals surface area (Å²) in [4.78, 5) is 20.9. The van der Waals surface area contributed by atoms with E-state index in [4.69, 9.17) is 19.9 Å². The highest BCUT2D eigenvalue weighted by atomic mass is 15.0. The molecule has 266 valence electrons. The van der Waals surface area contributed by atoms with Crippen LogP contribution in [0.5, 0.6) is 0 Å². The second-order valence-corrected chi connectivity index (χ2v) is 15.0. The van der Waals surface area contributed by atoms with Crippen LogP contribution in [0, 0.1) is 11.3 Å². The molecule has 6 aromatic heterocycles. The topological polar surface area (TPSA) is 84.2 Å². The van der Waals surface area contributed by atoms with Gasteiger partial charge < -0.3 is 8.80 Å².